The van der Waals surface area contributed by atoms with Crippen LogP contribution < -0.4 is 5.73 Å². The number of carbonyl (C=O) groups excluding carboxylic acids is 1. The van der Waals surface area contributed by atoms with Gasteiger partial charge in [-0.05, 0) is 29.5 Å². The second-order valence-electron chi connectivity index (χ2n) is 5.65. The third-order valence-corrected chi connectivity index (χ3v) is 4.39. The number of hydrogen-bond acceptors (Lipinski definition) is 4. The molecule has 26 heavy (non-hydrogen) atoms. The van der Waals surface area contributed by atoms with E-state index in [0.29, 0.717) is 22.2 Å². The number of nitrogens with two attached hydrogens (primary N) is 1. The van der Waals surface area contributed by atoms with Crippen molar-refractivity contribution in [2.45, 2.75) is 0 Å². The Labute approximate surface area is 151 Å². The zero-order valence-corrected chi connectivity index (χ0v) is 14.3. The molecule has 0 saturated carbocycles. The van der Waals surface area contributed by atoms with E-state index in [-0.39, 0.29) is 5.56 Å². The minimum atomic E-state index is -0.833. The molecule has 4 aromatic rings. The molecule has 2 N–H and O–H groups in total. The van der Waals surface area contributed by atoms with Crippen LogP contribution in [0.4, 0.5) is 4.39 Å². The summed E-state index contributed by atoms with van der Waals surface area (Å²) in [5, 5.41) is 13.3. The number of primary amides is 1. The summed E-state index contributed by atoms with van der Waals surface area (Å²) in [6.45, 7) is 0. The van der Waals surface area contributed by atoms with Crippen LogP contribution in [0.5, 0.6) is 0 Å². The maximum Gasteiger partial charge on any atom is 0.251 e. The van der Waals surface area contributed by atoms with Crippen molar-refractivity contribution in [2.75, 3.05) is 0 Å². The largest absolute Gasteiger partial charge is 0.366 e. The van der Waals surface area contributed by atoms with E-state index in [1.807, 2.05) is 24.3 Å². The van der Waals surface area contributed by atoms with Gasteiger partial charge in [0.05, 0.1) is 23.2 Å². The number of rotatable bonds is 3. The highest BCUT2D eigenvalue weighted by atomic mass is 35.5. The summed E-state index contributed by atoms with van der Waals surface area (Å²) in [6.07, 6.45) is 0. The number of amides is 1. The molecule has 7 nitrogen and oxygen atoms in total. The number of aryl methyl sites for hydroxylation is 1. The maximum absolute atomic E-state index is 14.3. The van der Waals surface area contributed by atoms with Crippen molar-refractivity contribution >= 4 is 28.4 Å². The number of para-hydroxylation sites is 1. The number of halogens is 2. The predicted molar refractivity (Wildman–Crippen MR) is 94.6 cm³/mol. The first-order valence-corrected chi connectivity index (χ1v) is 7.98. The van der Waals surface area contributed by atoms with Gasteiger partial charge in [0.2, 0.25) is 5.82 Å². The summed E-state index contributed by atoms with van der Waals surface area (Å²) in [4.78, 5) is 12.6. The highest BCUT2D eigenvalue weighted by Gasteiger charge is 2.22. The van der Waals surface area contributed by atoms with Gasteiger partial charge in [0.15, 0.2) is 0 Å². The molecule has 0 unspecified atom stereocenters. The molecule has 0 fully saturated rings. The molecule has 4 rings (SSSR count). The van der Waals surface area contributed by atoms with Crippen molar-refractivity contribution in [3.05, 3.63) is 58.9 Å². The Morgan fingerprint density at radius 2 is 2.00 bits per heavy atom. The smallest absolute Gasteiger partial charge is 0.251 e. The molecule has 0 aliphatic heterocycles. The van der Waals surface area contributed by atoms with Crippen LogP contribution in [0, 0.1) is 5.82 Å². The minimum Gasteiger partial charge on any atom is -0.366 e. The standard InChI is InChI=1S/C17H12ClFN6O/c1-24-22-17(21-23-24)15-14(18)11-4-2-3-5-13(11)25(15)9-6-7-10(16(20)26)12(19)8-9/h2-8H,1H3,(H2,20,26). The molecule has 9 heteroatoms. The molecular weight excluding hydrogens is 359 g/mol. The van der Waals surface area contributed by atoms with Gasteiger partial charge in [0.1, 0.15) is 11.5 Å². The molecule has 2 aromatic heterocycles. The van der Waals surface area contributed by atoms with Crippen molar-refractivity contribution in [3.8, 4) is 17.2 Å². The third-order valence-electron chi connectivity index (χ3n) is 4.01. The van der Waals surface area contributed by atoms with Crippen LogP contribution in [0.15, 0.2) is 42.5 Å². The lowest BCUT2D eigenvalue weighted by molar-refractivity contribution is 0.0996. The van der Waals surface area contributed by atoms with E-state index in [1.165, 1.54) is 16.9 Å². The van der Waals surface area contributed by atoms with Gasteiger partial charge in [0, 0.05) is 11.1 Å². The predicted octanol–water partition coefficient (Wildman–Crippen LogP) is 2.71. The van der Waals surface area contributed by atoms with Crippen LogP contribution in [-0.4, -0.2) is 30.7 Å². The first-order chi connectivity index (χ1) is 12.5. The van der Waals surface area contributed by atoms with Gasteiger partial charge in [-0.15, -0.1) is 10.2 Å². The van der Waals surface area contributed by atoms with Crippen LogP contribution in [0.3, 0.4) is 0 Å². The van der Waals surface area contributed by atoms with Crippen LogP contribution in [0.25, 0.3) is 28.1 Å². The quantitative estimate of drug-likeness (QED) is 0.600. The lowest BCUT2D eigenvalue weighted by Gasteiger charge is -2.10. The Kier molecular flexibility index (Phi) is 3.69. The molecule has 0 spiro atoms. The highest BCUT2D eigenvalue weighted by Crippen LogP contribution is 2.38. The topological polar surface area (TPSA) is 91.6 Å². The van der Waals surface area contributed by atoms with Gasteiger partial charge in [-0.3, -0.25) is 4.79 Å². The Bertz CT molecular complexity index is 1170. The summed E-state index contributed by atoms with van der Waals surface area (Å²) in [6, 6.07) is 11.5. The Morgan fingerprint density at radius 1 is 1.23 bits per heavy atom. The number of benzene rings is 2. The van der Waals surface area contributed by atoms with E-state index in [2.05, 4.69) is 15.4 Å². The van der Waals surface area contributed by atoms with Gasteiger partial charge >= 0.3 is 0 Å². The van der Waals surface area contributed by atoms with E-state index in [1.54, 1.807) is 17.7 Å². The Morgan fingerprint density at radius 3 is 2.65 bits per heavy atom. The number of fused-ring (bicyclic) bond motifs is 1. The highest BCUT2D eigenvalue weighted by molar-refractivity contribution is 6.38. The van der Waals surface area contributed by atoms with Crippen molar-refractivity contribution in [1.82, 2.24) is 24.8 Å². The van der Waals surface area contributed by atoms with Crippen LogP contribution in [0.1, 0.15) is 10.4 Å². The van der Waals surface area contributed by atoms with Gasteiger partial charge in [-0.1, -0.05) is 29.8 Å². The average molecular weight is 371 g/mol. The van der Waals surface area contributed by atoms with Crippen molar-refractivity contribution < 1.29 is 9.18 Å². The third kappa shape index (κ3) is 2.42. The van der Waals surface area contributed by atoms with Crippen molar-refractivity contribution in [2.24, 2.45) is 12.8 Å². The number of nitrogens with zero attached hydrogens (tertiary/aromatic N) is 5. The normalized spacial score (nSPS) is 11.2. The molecule has 1 amide bonds. The molecule has 0 aliphatic rings. The molecule has 0 radical (unpaired) electrons. The summed E-state index contributed by atoms with van der Waals surface area (Å²) in [5.41, 5.74) is 6.68. The number of tetrazole rings is 1. The van der Waals surface area contributed by atoms with Gasteiger partial charge in [-0.2, -0.15) is 4.80 Å². The lowest BCUT2D eigenvalue weighted by Crippen LogP contribution is -2.13. The second kappa shape index (κ2) is 5.92. The molecule has 0 bridgehead atoms. The van der Waals surface area contributed by atoms with Crippen LogP contribution in [0.2, 0.25) is 5.02 Å². The van der Waals surface area contributed by atoms with E-state index >= 15 is 0 Å². The number of hydrogen-bond donors (Lipinski definition) is 1. The average Bonchev–Trinajstić information content (AvgIpc) is 3.16. The molecule has 0 atom stereocenters. The SMILES string of the molecule is Cn1nnc(-c2c(Cl)c3ccccc3n2-c2ccc(C(N)=O)c(F)c2)n1. The Balaban J connectivity index is 2.06. The zero-order valence-electron chi connectivity index (χ0n) is 13.5. The maximum atomic E-state index is 14.3. The number of aromatic nitrogens is 5. The fourth-order valence-corrected chi connectivity index (χ4v) is 3.22. The molecule has 130 valence electrons. The molecule has 2 heterocycles. The van der Waals surface area contributed by atoms with E-state index in [0.717, 1.165) is 10.9 Å². The van der Waals surface area contributed by atoms with Crippen LogP contribution >= 0.6 is 11.6 Å². The summed E-state index contributed by atoms with van der Waals surface area (Å²) >= 11 is 6.57. The molecule has 0 aliphatic carbocycles. The lowest BCUT2D eigenvalue weighted by atomic mass is 10.1. The van der Waals surface area contributed by atoms with Gasteiger partial charge in [-0.25, -0.2) is 4.39 Å². The molecule has 2 aromatic carbocycles. The van der Waals surface area contributed by atoms with Gasteiger partial charge in [0.25, 0.3) is 5.91 Å². The van der Waals surface area contributed by atoms with Gasteiger partial charge < -0.3 is 10.3 Å². The second-order valence-corrected chi connectivity index (χ2v) is 6.02. The summed E-state index contributed by atoms with van der Waals surface area (Å²) in [5.74, 6) is -1.25. The fourth-order valence-electron chi connectivity index (χ4n) is 2.89. The Hall–Kier alpha value is -3.26. The van der Waals surface area contributed by atoms with E-state index in [9.17, 15) is 9.18 Å². The minimum absolute atomic E-state index is 0.185. The monoisotopic (exact) mass is 370 g/mol. The van der Waals surface area contributed by atoms with Crippen molar-refractivity contribution in [1.29, 1.82) is 0 Å². The molecule has 0 saturated heterocycles. The first kappa shape index (κ1) is 16.2. The van der Waals surface area contributed by atoms with E-state index in [4.69, 9.17) is 17.3 Å². The van der Waals surface area contributed by atoms with E-state index < -0.39 is 11.7 Å². The zero-order chi connectivity index (χ0) is 18.4. The van der Waals surface area contributed by atoms with Crippen LogP contribution in [-0.2, 0) is 7.05 Å². The summed E-state index contributed by atoms with van der Waals surface area (Å²) < 4.78 is 16.1. The van der Waals surface area contributed by atoms with Crippen molar-refractivity contribution in [3.63, 3.8) is 0 Å². The first-order valence-electron chi connectivity index (χ1n) is 7.60. The molecular formula is C17H12ClFN6O. The summed E-state index contributed by atoms with van der Waals surface area (Å²) in [7, 11) is 1.64. The number of carbonyl (C=O) groups is 1. The fraction of sp³-hybridized carbons (Fsp3) is 0.0588.